The van der Waals surface area contributed by atoms with E-state index in [0.29, 0.717) is 5.56 Å². The molecule has 0 saturated carbocycles. The molecule has 1 aromatic carbocycles. The highest BCUT2D eigenvalue weighted by atomic mass is 16.5. The molecule has 0 spiro atoms. The smallest absolute Gasteiger partial charge is 0.374 e. The third-order valence-electron chi connectivity index (χ3n) is 2.60. The maximum atomic E-state index is 12.1. The van der Waals surface area contributed by atoms with E-state index < -0.39 is 17.7 Å². The summed E-state index contributed by atoms with van der Waals surface area (Å²) in [5.41, 5.74) is 0.396. The van der Waals surface area contributed by atoms with Gasteiger partial charge in [0.15, 0.2) is 0 Å². The van der Waals surface area contributed by atoms with Crippen molar-refractivity contribution < 1.29 is 24.2 Å². The number of benzene rings is 1. The van der Waals surface area contributed by atoms with Gasteiger partial charge in [-0.25, -0.2) is 9.59 Å². The van der Waals surface area contributed by atoms with Gasteiger partial charge in [-0.05, 0) is 6.92 Å². The Morgan fingerprint density at radius 2 is 1.81 bits per heavy atom. The SMILES string of the molecule is CCOC(=O)/C(C(=NC)c1ccccc1)=C(\O)C(=O)OC. The Kier molecular flexibility index (Phi) is 6.13. The number of hydrogen-bond acceptors (Lipinski definition) is 6. The summed E-state index contributed by atoms with van der Waals surface area (Å²) in [6.07, 6.45) is 0. The molecule has 6 heteroatoms. The van der Waals surface area contributed by atoms with Crippen LogP contribution in [0, 0.1) is 0 Å². The lowest BCUT2D eigenvalue weighted by atomic mass is 10.0. The van der Waals surface area contributed by atoms with Crippen LogP contribution in [0.1, 0.15) is 12.5 Å². The average molecular weight is 291 g/mol. The van der Waals surface area contributed by atoms with Gasteiger partial charge in [-0.1, -0.05) is 30.3 Å². The molecule has 0 amide bonds. The summed E-state index contributed by atoms with van der Waals surface area (Å²) in [5, 5.41) is 9.96. The quantitative estimate of drug-likeness (QED) is 0.386. The predicted molar refractivity (Wildman–Crippen MR) is 77.2 cm³/mol. The van der Waals surface area contributed by atoms with Crippen LogP contribution in [0.2, 0.25) is 0 Å². The van der Waals surface area contributed by atoms with Crippen LogP contribution in [0.15, 0.2) is 46.7 Å². The molecule has 6 nitrogen and oxygen atoms in total. The maximum Gasteiger partial charge on any atom is 0.374 e. The molecule has 1 rings (SSSR count). The highest BCUT2D eigenvalue weighted by Crippen LogP contribution is 2.15. The molecule has 0 bridgehead atoms. The fourth-order valence-electron chi connectivity index (χ4n) is 1.69. The van der Waals surface area contributed by atoms with Crippen LogP contribution >= 0.6 is 0 Å². The van der Waals surface area contributed by atoms with Crippen LogP contribution < -0.4 is 0 Å². The summed E-state index contributed by atoms with van der Waals surface area (Å²) in [4.78, 5) is 27.6. The molecule has 0 aliphatic carbocycles. The lowest BCUT2D eigenvalue weighted by Gasteiger charge is -2.11. The lowest BCUT2D eigenvalue weighted by molar-refractivity contribution is -0.142. The minimum absolute atomic E-state index is 0.0998. The van der Waals surface area contributed by atoms with Gasteiger partial charge < -0.3 is 14.6 Å². The Bertz CT molecular complexity index is 575. The molecule has 0 atom stereocenters. The number of methoxy groups -OCH3 is 1. The van der Waals surface area contributed by atoms with Crippen molar-refractivity contribution in [3.63, 3.8) is 0 Å². The molecule has 0 aliphatic heterocycles. The van der Waals surface area contributed by atoms with Gasteiger partial charge in [0.1, 0.15) is 5.57 Å². The van der Waals surface area contributed by atoms with Crippen molar-refractivity contribution in [2.75, 3.05) is 20.8 Å². The third-order valence-corrected chi connectivity index (χ3v) is 2.60. The van der Waals surface area contributed by atoms with E-state index in [9.17, 15) is 14.7 Å². The molecule has 0 aromatic heterocycles. The second-order valence-corrected chi connectivity index (χ2v) is 3.87. The fraction of sp³-hybridized carbons (Fsp3) is 0.267. The highest BCUT2D eigenvalue weighted by Gasteiger charge is 2.27. The first kappa shape index (κ1) is 16.4. The average Bonchev–Trinajstić information content (AvgIpc) is 2.52. The van der Waals surface area contributed by atoms with Crippen molar-refractivity contribution in [1.29, 1.82) is 0 Å². The Morgan fingerprint density at radius 3 is 2.29 bits per heavy atom. The molecule has 0 unspecified atom stereocenters. The van der Waals surface area contributed by atoms with Crippen LogP contribution in [0.4, 0.5) is 0 Å². The topological polar surface area (TPSA) is 85.2 Å². The molecule has 0 aliphatic rings. The molecule has 0 heterocycles. The highest BCUT2D eigenvalue weighted by molar-refractivity contribution is 6.29. The first-order valence-corrected chi connectivity index (χ1v) is 6.28. The minimum atomic E-state index is -1.03. The first-order chi connectivity index (χ1) is 10.1. The van der Waals surface area contributed by atoms with E-state index in [0.717, 1.165) is 7.11 Å². The Balaban J connectivity index is 3.43. The standard InChI is InChI=1S/C15H17NO5/c1-4-21-14(18)11(13(17)15(19)20-3)12(16-2)10-8-6-5-7-9-10/h5-9,17H,4H2,1-3H3/b13-11-,16-12?. The van der Waals surface area contributed by atoms with E-state index in [1.165, 1.54) is 7.05 Å². The molecular formula is C15H17NO5. The number of aliphatic hydroxyl groups is 1. The number of aliphatic hydroxyl groups excluding tert-OH is 1. The maximum absolute atomic E-state index is 12.1. The Hall–Kier alpha value is -2.63. The summed E-state index contributed by atoms with van der Waals surface area (Å²) in [7, 11) is 2.55. The Morgan fingerprint density at radius 1 is 1.19 bits per heavy atom. The lowest BCUT2D eigenvalue weighted by Crippen LogP contribution is -2.22. The van der Waals surface area contributed by atoms with E-state index in [2.05, 4.69) is 9.73 Å². The van der Waals surface area contributed by atoms with Crippen molar-refractivity contribution in [3.8, 4) is 0 Å². The zero-order chi connectivity index (χ0) is 15.8. The van der Waals surface area contributed by atoms with Crippen molar-refractivity contribution in [2.45, 2.75) is 6.92 Å². The van der Waals surface area contributed by atoms with Gasteiger partial charge in [0.2, 0.25) is 5.76 Å². The third kappa shape index (κ3) is 3.92. The molecule has 112 valence electrons. The van der Waals surface area contributed by atoms with Crippen molar-refractivity contribution in [3.05, 3.63) is 47.2 Å². The van der Waals surface area contributed by atoms with Crippen molar-refractivity contribution >= 4 is 17.7 Å². The van der Waals surface area contributed by atoms with Gasteiger partial charge in [0, 0.05) is 12.6 Å². The van der Waals surface area contributed by atoms with E-state index in [4.69, 9.17) is 4.74 Å². The number of nitrogens with zero attached hydrogens (tertiary/aromatic N) is 1. The number of hydrogen-bond donors (Lipinski definition) is 1. The monoisotopic (exact) mass is 291 g/mol. The summed E-state index contributed by atoms with van der Waals surface area (Å²) >= 11 is 0. The van der Waals surface area contributed by atoms with E-state index in [1.54, 1.807) is 37.3 Å². The normalized spacial score (nSPS) is 12.4. The van der Waals surface area contributed by atoms with E-state index in [1.807, 2.05) is 0 Å². The van der Waals surface area contributed by atoms with Gasteiger partial charge in [0.05, 0.1) is 19.4 Å². The summed E-state index contributed by atoms with van der Waals surface area (Å²) in [6.45, 7) is 1.72. The zero-order valence-electron chi connectivity index (χ0n) is 12.1. The molecule has 0 saturated heterocycles. The predicted octanol–water partition coefficient (Wildman–Crippen LogP) is 1.65. The largest absolute Gasteiger partial charge is 0.501 e. The van der Waals surface area contributed by atoms with Crippen LogP contribution in [0.25, 0.3) is 0 Å². The van der Waals surface area contributed by atoms with Crippen LogP contribution in [0.3, 0.4) is 0 Å². The number of rotatable bonds is 5. The van der Waals surface area contributed by atoms with Crippen LogP contribution in [-0.4, -0.2) is 43.5 Å². The van der Waals surface area contributed by atoms with Gasteiger partial charge >= 0.3 is 11.9 Å². The summed E-state index contributed by atoms with van der Waals surface area (Å²) < 4.78 is 9.32. The van der Waals surface area contributed by atoms with Crippen LogP contribution in [0.5, 0.6) is 0 Å². The van der Waals surface area contributed by atoms with E-state index >= 15 is 0 Å². The molecule has 1 N–H and O–H groups in total. The number of aliphatic imine (C=N–C) groups is 1. The fourth-order valence-corrected chi connectivity index (χ4v) is 1.69. The summed E-state index contributed by atoms with van der Waals surface area (Å²) in [6, 6.07) is 8.69. The van der Waals surface area contributed by atoms with Crippen molar-refractivity contribution in [1.82, 2.24) is 0 Å². The Labute approximate surface area is 122 Å². The van der Waals surface area contributed by atoms with Gasteiger partial charge in [-0.2, -0.15) is 0 Å². The van der Waals surface area contributed by atoms with Gasteiger partial charge in [-0.15, -0.1) is 0 Å². The number of esters is 2. The molecule has 0 fully saturated rings. The van der Waals surface area contributed by atoms with Crippen molar-refractivity contribution in [2.24, 2.45) is 4.99 Å². The second-order valence-electron chi connectivity index (χ2n) is 3.87. The van der Waals surface area contributed by atoms with Gasteiger partial charge in [-0.3, -0.25) is 4.99 Å². The molecule has 21 heavy (non-hydrogen) atoms. The number of carbonyl (C=O) groups excluding carboxylic acids is 2. The molecular weight excluding hydrogens is 274 g/mol. The van der Waals surface area contributed by atoms with Gasteiger partial charge in [0.25, 0.3) is 0 Å². The second kappa shape index (κ2) is 7.84. The zero-order valence-corrected chi connectivity index (χ0v) is 12.1. The number of ether oxygens (including phenoxy) is 2. The van der Waals surface area contributed by atoms with Crippen LogP contribution in [-0.2, 0) is 19.1 Å². The van der Waals surface area contributed by atoms with E-state index in [-0.39, 0.29) is 17.9 Å². The number of carbonyl (C=O) groups is 2. The molecule has 1 aromatic rings. The minimum Gasteiger partial charge on any atom is -0.501 e. The first-order valence-electron chi connectivity index (χ1n) is 6.28. The molecule has 0 radical (unpaired) electrons. The summed E-state index contributed by atoms with van der Waals surface area (Å²) in [5.74, 6) is -2.71.